The highest BCUT2D eigenvalue weighted by molar-refractivity contribution is 6.32. The van der Waals surface area contributed by atoms with E-state index in [1.165, 1.54) is 16.8 Å². The van der Waals surface area contributed by atoms with Gasteiger partial charge < -0.3 is 5.32 Å². The Kier molecular flexibility index (Phi) is 3.35. The summed E-state index contributed by atoms with van der Waals surface area (Å²) in [4.78, 5) is 0. The molecular weight excluding hydrogens is 245 g/mol. The van der Waals surface area contributed by atoms with Crippen molar-refractivity contribution >= 4 is 11.6 Å². The number of tetrazole rings is 1. The zero-order valence-electron chi connectivity index (χ0n) is 9.35. The lowest BCUT2D eigenvalue weighted by Crippen LogP contribution is -2.18. The Labute approximate surface area is 103 Å². The molecule has 1 heterocycles. The van der Waals surface area contributed by atoms with Crippen molar-refractivity contribution in [3.63, 3.8) is 0 Å². The highest BCUT2D eigenvalue weighted by atomic mass is 35.5. The molecule has 1 aromatic carbocycles. The lowest BCUT2D eigenvalue weighted by Gasteiger charge is -2.11. The van der Waals surface area contributed by atoms with Crippen molar-refractivity contribution in [2.45, 2.75) is 13.0 Å². The van der Waals surface area contributed by atoms with Crippen LogP contribution in [0.3, 0.4) is 0 Å². The van der Waals surface area contributed by atoms with Gasteiger partial charge in [0.25, 0.3) is 0 Å². The molecule has 1 unspecified atom stereocenters. The summed E-state index contributed by atoms with van der Waals surface area (Å²) in [6.45, 7) is 1.92. The van der Waals surface area contributed by atoms with Crippen LogP contribution in [0, 0.1) is 5.82 Å². The Morgan fingerprint density at radius 3 is 2.88 bits per heavy atom. The molecule has 0 saturated carbocycles. The SMILES string of the molecule is CNC(C)c1nnnn1-c1ccc(F)cc1Cl. The van der Waals surface area contributed by atoms with Gasteiger partial charge in [-0.3, -0.25) is 0 Å². The molecule has 0 aliphatic carbocycles. The normalized spacial score (nSPS) is 12.7. The molecule has 0 bridgehead atoms. The Balaban J connectivity index is 2.50. The van der Waals surface area contributed by atoms with E-state index in [0.29, 0.717) is 11.5 Å². The van der Waals surface area contributed by atoms with Crippen molar-refractivity contribution in [3.05, 3.63) is 34.9 Å². The molecular formula is C10H11ClFN5. The van der Waals surface area contributed by atoms with Crippen LogP contribution in [0.1, 0.15) is 18.8 Å². The maximum atomic E-state index is 13.0. The van der Waals surface area contributed by atoms with E-state index in [0.717, 1.165) is 0 Å². The first-order valence-corrected chi connectivity index (χ1v) is 5.42. The monoisotopic (exact) mass is 255 g/mol. The van der Waals surface area contributed by atoms with E-state index in [1.54, 1.807) is 13.1 Å². The van der Waals surface area contributed by atoms with E-state index in [9.17, 15) is 4.39 Å². The Morgan fingerprint density at radius 1 is 1.47 bits per heavy atom. The molecule has 2 aromatic rings. The number of halogens is 2. The minimum atomic E-state index is -0.393. The Morgan fingerprint density at radius 2 is 2.24 bits per heavy atom. The fraction of sp³-hybridized carbons (Fsp3) is 0.300. The predicted octanol–water partition coefficient (Wildman–Crippen LogP) is 1.74. The molecule has 90 valence electrons. The third kappa shape index (κ3) is 2.27. The quantitative estimate of drug-likeness (QED) is 0.908. The summed E-state index contributed by atoms with van der Waals surface area (Å²) >= 11 is 5.96. The van der Waals surface area contributed by atoms with E-state index in [4.69, 9.17) is 11.6 Å². The van der Waals surface area contributed by atoms with E-state index in [2.05, 4.69) is 20.8 Å². The number of nitrogens with one attached hydrogen (secondary N) is 1. The smallest absolute Gasteiger partial charge is 0.173 e. The molecule has 0 amide bonds. The number of hydrogen-bond donors (Lipinski definition) is 1. The van der Waals surface area contributed by atoms with E-state index in [1.807, 2.05) is 6.92 Å². The minimum Gasteiger partial charge on any atom is -0.311 e. The van der Waals surface area contributed by atoms with Crippen molar-refractivity contribution < 1.29 is 4.39 Å². The average molecular weight is 256 g/mol. The zero-order chi connectivity index (χ0) is 12.4. The maximum Gasteiger partial charge on any atom is 0.173 e. The second-order valence-electron chi connectivity index (χ2n) is 3.55. The highest BCUT2D eigenvalue weighted by Crippen LogP contribution is 2.22. The summed E-state index contributed by atoms with van der Waals surface area (Å²) < 4.78 is 14.4. The molecule has 1 aromatic heterocycles. The molecule has 0 spiro atoms. The van der Waals surface area contributed by atoms with Gasteiger partial charge in [0.05, 0.1) is 16.8 Å². The molecule has 1 atom stereocenters. The molecule has 0 radical (unpaired) electrons. The third-order valence-corrected chi connectivity index (χ3v) is 2.75. The van der Waals surface area contributed by atoms with E-state index in [-0.39, 0.29) is 11.1 Å². The fourth-order valence-corrected chi connectivity index (χ4v) is 1.67. The summed E-state index contributed by atoms with van der Waals surface area (Å²) in [5, 5.41) is 14.7. The van der Waals surface area contributed by atoms with E-state index < -0.39 is 5.82 Å². The van der Waals surface area contributed by atoms with Crippen LogP contribution in [-0.2, 0) is 0 Å². The molecule has 17 heavy (non-hydrogen) atoms. The van der Waals surface area contributed by atoms with Crippen molar-refractivity contribution in [3.8, 4) is 5.69 Å². The van der Waals surface area contributed by atoms with Gasteiger partial charge in [0.2, 0.25) is 0 Å². The van der Waals surface area contributed by atoms with Gasteiger partial charge in [-0.05, 0) is 42.6 Å². The highest BCUT2D eigenvalue weighted by Gasteiger charge is 2.16. The molecule has 5 nitrogen and oxygen atoms in total. The maximum absolute atomic E-state index is 13.0. The first kappa shape index (κ1) is 11.9. The van der Waals surface area contributed by atoms with Crippen LogP contribution in [0.4, 0.5) is 4.39 Å². The van der Waals surface area contributed by atoms with Crippen LogP contribution in [-0.4, -0.2) is 27.3 Å². The van der Waals surface area contributed by atoms with Crippen molar-refractivity contribution in [2.24, 2.45) is 0 Å². The van der Waals surface area contributed by atoms with Crippen molar-refractivity contribution in [1.29, 1.82) is 0 Å². The largest absolute Gasteiger partial charge is 0.311 e. The molecule has 0 aliphatic heterocycles. The van der Waals surface area contributed by atoms with Gasteiger partial charge in [0.15, 0.2) is 5.82 Å². The summed E-state index contributed by atoms with van der Waals surface area (Å²) in [5.74, 6) is 0.219. The first-order chi connectivity index (χ1) is 8.13. The topological polar surface area (TPSA) is 55.6 Å². The zero-order valence-corrected chi connectivity index (χ0v) is 10.1. The van der Waals surface area contributed by atoms with Gasteiger partial charge >= 0.3 is 0 Å². The van der Waals surface area contributed by atoms with Gasteiger partial charge in [-0.1, -0.05) is 11.6 Å². The van der Waals surface area contributed by atoms with Crippen LogP contribution in [0.2, 0.25) is 5.02 Å². The van der Waals surface area contributed by atoms with Crippen LogP contribution >= 0.6 is 11.6 Å². The predicted molar refractivity (Wildman–Crippen MR) is 61.6 cm³/mol. The van der Waals surface area contributed by atoms with Gasteiger partial charge in [-0.15, -0.1) is 5.10 Å². The number of aromatic nitrogens is 4. The number of nitrogens with zero attached hydrogens (tertiary/aromatic N) is 4. The van der Waals surface area contributed by atoms with Gasteiger partial charge in [-0.25, -0.2) is 4.39 Å². The molecule has 0 aliphatic rings. The molecule has 0 saturated heterocycles. The summed E-state index contributed by atoms with van der Waals surface area (Å²) in [6.07, 6.45) is 0. The summed E-state index contributed by atoms with van der Waals surface area (Å²) in [7, 11) is 1.80. The van der Waals surface area contributed by atoms with Crippen molar-refractivity contribution in [2.75, 3.05) is 7.05 Å². The number of benzene rings is 1. The fourth-order valence-electron chi connectivity index (χ4n) is 1.42. The lowest BCUT2D eigenvalue weighted by molar-refractivity contribution is 0.587. The van der Waals surface area contributed by atoms with E-state index >= 15 is 0 Å². The minimum absolute atomic E-state index is 0.0360. The second-order valence-corrected chi connectivity index (χ2v) is 3.96. The van der Waals surface area contributed by atoms with Gasteiger partial charge in [0.1, 0.15) is 5.82 Å². The van der Waals surface area contributed by atoms with Crippen LogP contribution in [0.5, 0.6) is 0 Å². The molecule has 0 fully saturated rings. The molecule has 7 heteroatoms. The first-order valence-electron chi connectivity index (χ1n) is 5.04. The summed E-state index contributed by atoms with van der Waals surface area (Å²) in [6, 6.07) is 4.05. The lowest BCUT2D eigenvalue weighted by atomic mass is 10.3. The molecule has 1 N–H and O–H groups in total. The molecule has 2 rings (SSSR count). The van der Waals surface area contributed by atoms with Gasteiger partial charge in [0, 0.05) is 0 Å². The number of hydrogen-bond acceptors (Lipinski definition) is 4. The van der Waals surface area contributed by atoms with Gasteiger partial charge in [-0.2, -0.15) is 4.68 Å². The van der Waals surface area contributed by atoms with Crippen LogP contribution in [0.15, 0.2) is 18.2 Å². The van der Waals surface area contributed by atoms with Crippen LogP contribution < -0.4 is 5.32 Å². The Bertz CT molecular complexity index is 527. The summed E-state index contributed by atoms with van der Waals surface area (Å²) in [5.41, 5.74) is 0.551. The Hall–Kier alpha value is -1.53. The average Bonchev–Trinajstić information content (AvgIpc) is 2.77. The third-order valence-electron chi connectivity index (χ3n) is 2.45. The second kappa shape index (κ2) is 4.77. The van der Waals surface area contributed by atoms with Crippen LogP contribution in [0.25, 0.3) is 5.69 Å². The standard InChI is InChI=1S/C10H11ClFN5/c1-6(13-2)10-14-15-16-17(10)9-4-3-7(12)5-8(9)11/h3-6,13H,1-2H3. The number of rotatable bonds is 3. The van der Waals surface area contributed by atoms with Crippen molar-refractivity contribution in [1.82, 2.24) is 25.5 Å².